The Labute approximate surface area is 132 Å². The first-order chi connectivity index (χ1) is 10.5. The lowest BCUT2D eigenvalue weighted by Gasteiger charge is -2.38. The van der Waals surface area contributed by atoms with Crippen LogP contribution >= 0.6 is 0 Å². The van der Waals surface area contributed by atoms with Gasteiger partial charge in [-0.2, -0.15) is 0 Å². The quantitative estimate of drug-likeness (QED) is 0.646. The number of carbonyl (C=O) groups excluding carboxylic acids is 1. The highest BCUT2D eigenvalue weighted by atomic mass is 16.5. The minimum atomic E-state index is -0.427. The van der Waals surface area contributed by atoms with Gasteiger partial charge >= 0.3 is 5.97 Å². The number of nitrogens with one attached hydrogen (secondary N) is 1. The number of aromatic hydroxyl groups is 1. The molecule has 2 N–H and O–H groups in total. The third-order valence-corrected chi connectivity index (χ3v) is 4.31. The summed E-state index contributed by atoms with van der Waals surface area (Å²) in [6.07, 6.45) is 1.07. The smallest absolute Gasteiger partial charge is 0.308 e. The highest BCUT2D eigenvalue weighted by Crippen LogP contribution is 2.36. The molecule has 2 rings (SSSR count). The zero-order valence-electron chi connectivity index (χ0n) is 13.6. The van der Waals surface area contributed by atoms with E-state index in [1.54, 1.807) is 12.1 Å². The molecule has 1 saturated heterocycles. The lowest BCUT2D eigenvalue weighted by atomic mass is 9.90. The molecule has 122 valence electrons. The van der Waals surface area contributed by atoms with Crippen molar-refractivity contribution < 1.29 is 14.6 Å². The van der Waals surface area contributed by atoms with Crippen LogP contribution in [0.4, 0.5) is 0 Å². The van der Waals surface area contributed by atoms with Gasteiger partial charge in [-0.05, 0) is 23.6 Å². The zero-order valence-corrected chi connectivity index (χ0v) is 13.6. The molecule has 0 amide bonds. The normalized spacial score (nSPS) is 18.7. The summed E-state index contributed by atoms with van der Waals surface area (Å²) in [5.74, 6) is 0.302. The maximum absolute atomic E-state index is 11.0. The molecule has 1 aliphatic rings. The minimum Gasteiger partial charge on any atom is -0.504 e. The first-order valence-corrected chi connectivity index (χ1v) is 7.99. The van der Waals surface area contributed by atoms with Gasteiger partial charge in [0.15, 0.2) is 11.5 Å². The Kier molecular flexibility index (Phi) is 5.80. The molecule has 5 nitrogen and oxygen atoms in total. The van der Waals surface area contributed by atoms with E-state index in [1.807, 2.05) is 6.07 Å². The van der Waals surface area contributed by atoms with Crippen molar-refractivity contribution in [3.05, 3.63) is 23.8 Å². The Morgan fingerprint density at radius 2 is 2.09 bits per heavy atom. The van der Waals surface area contributed by atoms with E-state index in [-0.39, 0.29) is 17.5 Å². The molecule has 1 aromatic rings. The maximum Gasteiger partial charge on any atom is 0.308 e. The first-order valence-electron chi connectivity index (χ1n) is 7.99. The molecule has 1 unspecified atom stereocenters. The molecule has 0 aromatic heterocycles. The Morgan fingerprint density at radius 3 is 2.64 bits per heavy atom. The second-order valence-electron chi connectivity index (χ2n) is 5.94. The molecule has 0 bridgehead atoms. The van der Waals surface area contributed by atoms with Crippen LogP contribution in [0.1, 0.15) is 38.8 Å². The van der Waals surface area contributed by atoms with Crippen LogP contribution in [0.25, 0.3) is 0 Å². The standard InChI is InChI=1S/C17H26N2O3/c1-4-12(2)17(19-9-7-18-8-10-19)14-5-6-16(15(21)11-14)22-13(3)20/h5-6,11-12,17-18,21H,4,7-10H2,1-3H3/t12?,17-/m0/s1. The van der Waals surface area contributed by atoms with Gasteiger partial charge in [0.05, 0.1) is 0 Å². The number of esters is 1. The Balaban J connectivity index is 2.26. The third kappa shape index (κ3) is 3.99. The number of carbonyl (C=O) groups is 1. The van der Waals surface area contributed by atoms with Gasteiger partial charge in [-0.3, -0.25) is 9.69 Å². The second-order valence-corrected chi connectivity index (χ2v) is 5.94. The topological polar surface area (TPSA) is 61.8 Å². The van der Waals surface area contributed by atoms with Crippen molar-refractivity contribution >= 4 is 5.97 Å². The Hall–Kier alpha value is -1.59. The van der Waals surface area contributed by atoms with Crippen LogP contribution in [-0.4, -0.2) is 42.2 Å². The van der Waals surface area contributed by atoms with E-state index in [0.29, 0.717) is 5.92 Å². The molecule has 1 aliphatic heterocycles. The Morgan fingerprint density at radius 1 is 1.41 bits per heavy atom. The molecule has 1 aromatic carbocycles. The summed E-state index contributed by atoms with van der Waals surface area (Å²) in [6.45, 7) is 9.74. The minimum absolute atomic E-state index is 0.0242. The van der Waals surface area contributed by atoms with Gasteiger partial charge in [0, 0.05) is 39.1 Å². The lowest BCUT2D eigenvalue weighted by molar-refractivity contribution is -0.132. The average molecular weight is 306 g/mol. The summed E-state index contributed by atoms with van der Waals surface area (Å²) in [5, 5.41) is 13.5. The summed E-state index contributed by atoms with van der Waals surface area (Å²) in [7, 11) is 0. The number of hydrogen-bond acceptors (Lipinski definition) is 5. The number of phenols is 1. The van der Waals surface area contributed by atoms with Crippen LogP contribution in [0, 0.1) is 5.92 Å². The SMILES string of the molecule is CCC(C)[C@@H](c1ccc(OC(C)=O)c(O)c1)N1CCNCC1. The molecule has 22 heavy (non-hydrogen) atoms. The average Bonchev–Trinajstić information content (AvgIpc) is 2.50. The number of piperazine rings is 1. The fraction of sp³-hybridized carbons (Fsp3) is 0.588. The molecule has 5 heteroatoms. The van der Waals surface area contributed by atoms with Crippen molar-refractivity contribution in [3.63, 3.8) is 0 Å². The first kappa shape index (κ1) is 16.8. The van der Waals surface area contributed by atoms with E-state index in [2.05, 4.69) is 24.1 Å². The van der Waals surface area contributed by atoms with Crippen molar-refractivity contribution in [2.24, 2.45) is 5.92 Å². The number of ether oxygens (including phenoxy) is 1. The summed E-state index contributed by atoms with van der Waals surface area (Å²) >= 11 is 0. The van der Waals surface area contributed by atoms with Gasteiger partial charge < -0.3 is 15.2 Å². The number of rotatable bonds is 5. The summed E-state index contributed by atoms with van der Waals surface area (Å²) in [6, 6.07) is 5.64. The maximum atomic E-state index is 11.0. The number of benzene rings is 1. The number of nitrogens with zero attached hydrogens (tertiary/aromatic N) is 1. The van der Waals surface area contributed by atoms with Crippen molar-refractivity contribution in [1.29, 1.82) is 0 Å². The van der Waals surface area contributed by atoms with Gasteiger partial charge in [-0.25, -0.2) is 0 Å². The van der Waals surface area contributed by atoms with Crippen LogP contribution in [0.3, 0.4) is 0 Å². The molecule has 1 fully saturated rings. The predicted molar refractivity (Wildman–Crippen MR) is 86.1 cm³/mol. The largest absolute Gasteiger partial charge is 0.504 e. The van der Waals surface area contributed by atoms with Gasteiger partial charge in [-0.1, -0.05) is 26.3 Å². The molecule has 0 radical (unpaired) electrons. The van der Waals surface area contributed by atoms with Crippen LogP contribution < -0.4 is 10.1 Å². The van der Waals surface area contributed by atoms with E-state index >= 15 is 0 Å². The zero-order chi connectivity index (χ0) is 16.1. The Bertz CT molecular complexity index is 513. The molecule has 0 aliphatic carbocycles. The van der Waals surface area contributed by atoms with Crippen molar-refractivity contribution in [2.75, 3.05) is 26.2 Å². The van der Waals surface area contributed by atoms with E-state index in [0.717, 1.165) is 38.2 Å². The monoisotopic (exact) mass is 306 g/mol. The molecule has 2 atom stereocenters. The van der Waals surface area contributed by atoms with Gasteiger partial charge in [0.2, 0.25) is 0 Å². The van der Waals surface area contributed by atoms with Crippen LogP contribution in [0.5, 0.6) is 11.5 Å². The van der Waals surface area contributed by atoms with Gasteiger partial charge in [0.25, 0.3) is 0 Å². The van der Waals surface area contributed by atoms with E-state index < -0.39 is 5.97 Å². The van der Waals surface area contributed by atoms with Crippen molar-refractivity contribution in [2.45, 2.75) is 33.2 Å². The fourth-order valence-corrected chi connectivity index (χ4v) is 3.04. The summed E-state index contributed by atoms with van der Waals surface area (Å²) in [4.78, 5) is 13.5. The summed E-state index contributed by atoms with van der Waals surface area (Å²) < 4.78 is 5.00. The van der Waals surface area contributed by atoms with Crippen LogP contribution in [-0.2, 0) is 4.79 Å². The third-order valence-electron chi connectivity index (χ3n) is 4.31. The molecular formula is C17H26N2O3. The van der Waals surface area contributed by atoms with Gasteiger partial charge in [0.1, 0.15) is 0 Å². The number of phenolic OH excluding ortho intramolecular Hbond substituents is 1. The fourth-order valence-electron chi connectivity index (χ4n) is 3.04. The molecular weight excluding hydrogens is 280 g/mol. The van der Waals surface area contributed by atoms with Crippen molar-refractivity contribution in [1.82, 2.24) is 10.2 Å². The second kappa shape index (κ2) is 7.61. The highest BCUT2D eigenvalue weighted by Gasteiger charge is 2.27. The molecule has 0 spiro atoms. The molecule has 1 heterocycles. The molecule has 0 saturated carbocycles. The predicted octanol–water partition coefficient (Wildman–Crippen LogP) is 2.31. The number of hydrogen-bond donors (Lipinski definition) is 2. The van der Waals surface area contributed by atoms with Crippen LogP contribution in [0.2, 0.25) is 0 Å². The van der Waals surface area contributed by atoms with Gasteiger partial charge in [-0.15, -0.1) is 0 Å². The van der Waals surface area contributed by atoms with E-state index in [1.165, 1.54) is 6.92 Å². The highest BCUT2D eigenvalue weighted by molar-refractivity contribution is 5.70. The lowest BCUT2D eigenvalue weighted by Crippen LogP contribution is -2.46. The van der Waals surface area contributed by atoms with E-state index in [9.17, 15) is 9.90 Å². The van der Waals surface area contributed by atoms with Crippen LogP contribution in [0.15, 0.2) is 18.2 Å². The van der Waals surface area contributed by atoms with E-state index in [4.69, 9.17) is 4.74 Å². The van der Waals surface area contributed by atoms with Crippen molar-refractivity contribution in [3.8, 4) is 11.5 Å². The summed E-state index contributed by atoms with van der Waals surface area (Å²) in [5.41, 5.74) is 1.07.